The van der Waals surface area contributed by atoms with Crippen molar-refractivity contribution >= 4 is 15.9 Å². The summed E-state index contributed by atoms with van der Waals surface area (Å²) in [4.78, 5) is 0. The molecule has 4 rings (SSSR count). The molecule has 0 saturated carbocycles. The van der Waals surface area contributed by atoms with Gasteiger partial charge in [-0.2, -0.15) is 0 Å². The molecule has 0 spiro atoms. The average molecular weight is 348 g/mol. The third kappa shape index (κ3) is 2.26. The molecular weight excluding hydrogens is 334 g/mol. The minimum absolute atomic E-state index is 0.0303. The lowest BCUT2D eigenvalue weighted by molar-refractivity contribution is 0.160. The Balaban J connectivity index is 1.68. The van der Waals surface area contributed by atoms with E-state index < -0.39 is 0 Å². The highest BCUT2D eigenvalue weighted by atomic mass is 79.9. The lowest BCUT2D eigenvalue weighted by atomic mass is 9.93. The summed E-state index contributed by atoms with van der Waals surface area (Å²) in [5.74, 6) is 2.39. The van der Waals surface area contributed by atoms with Crippen LogP contribution in [0.4, 0.5) is 0 Å². The Kier molecular flexibility index (Phi) is 3.05. The maximum atomic E-state index is 6.29. The summed E-state index contributed by atoms with van der Waals surface area (Å²) in [6, 6.07) is 11.8. The van der Waals surface area contributed by atoms with Crippen LogP contribution in [0.25, 0.3) is 0 Å². The zero-order valence-electron chi connectivity index (χ0n) is 11.2. The van der Waals surface area contributed by atoms with Crippen LogP contribution in [0.1, 0.15) is 29.7 Å². The Morgan fingerprint density at radius 1 is 1.00 bits per heavy atom. The number of hydrogen-bond donors (Lipinski definition) is 1. The van der Waals surface area contributed by atoms with Gasteiger partial charge in [-0.1, -0.05) is 28.1 Å². The summed E-state index contributed by atoms with van der Waals surface area (Å²) in [6.07, 6.45) is 0.671. The van der Waals surface area contributed by atoms with Gasteiger partial charge in [-0.05, 0) is 29.8 Å². The lowest BCUT2D eigenvalue weighted by Gasteiger charge is -2.30. The monoisotopic (exact) mass is 347 g/mol. The molecule has 2 N–H and O–H groups in total. The average Bonchev–Trinajstić information content (AvgIpc) is 2.94. The molecule has 108 valence electrons. The second-order valence-electron chi connectivity index (χ2n) is 5.24. The maximum Gasteiger partial charge on any atom is 0.231 e. The molecule has 2 heterocycles. The molecule has 5 heteroatoms. The van der Waals surface area contributed by atoms with Crippen LogP contribution in [0.15, 0.2) is 40.9 Å². The highest BCUT2D eigenvalue weighted by Gasteiger charge is 2.28. The molecule has 21 heavy (non-hydrogen) atoms. The van der Waals surface area contributed by atoms with Crippen molar-refractivity contribution in [2.45, 2.75) is 18.6 Å². The first-order valence-corrected chi connectivity index (χ1v) is 7.61. The van der Waals surface area contributed by atoms with Crippen molar-refractivity contribution < 1.29 is 14.2 Å². The first-order valence-electron chi connectivity index (χ1n) is 6.82. The highest BCUT2D eigenvalue weighted by Crippen LogP contribution is 2.43. The van der Waals surface area contributed by atoms with Crippen molar-refractivity contribution in [3.63, 3.8) is 0 Å². The summed E-state index contributed by atoms with van der Waals surface area (Å²) in [5.41, 5.74) is 8.39. The van der Waals surface area contributed by atoms with Crippen molar-refractivity contribution in [1.82, 2.24) is 0 Å². The number of hydrogen-bond acceptors (Lipinski definition) is 4. The van der Waals surface area contributed by atoms with Gasteiger partial charge in [0, 0.05) is 22.5 Å². The van der Waals surface area contributed by atoms with E-state index in [1.807, 2.05) is 36.4 Å². The molecule has 0 fully saturated rings. The molecule has 0 radical (unpaired) electrons. The SMILES string of the molecule is NC1CC(c2ccc3c(c2)OCO3)Oc2cc(Br)ccc21. The normalized spacial score (nSPS) is 22.6. The van der Waals surface area contributed by atoms with E-state index >= 15 is 0 Å². The van der Waals surface area contributed by atoms with Crippen LogP contribution in [-0.4, -0.2) is 6.79 Å². The second-order valence-corrected chi connectivity index (χ2v) is 6.16. The fourth-order valence-corrected chi connectivity index (χ4v) is 3.13. The van der Waals surface area contributed by atoms with Crippen molar-refractivity contribution in [2.75, 3.05) is 6.79 Å². The minimum Gasteiger partial charge on any atom is -0.485 e. The van der Waals surface area contributed by atoms with Crippen LogP contribution in [-0.2, 0) is 0 Å². The van der Waals surface area contributed by atoms with Gasteiger partial charge in [-0.3, -0.25) is 0 Å². The number of rotatable bonds is 1. The van der Waals surface area contributed by atoms with E-state index in [2.05, 4.69) is 15.9 Å². The Morgan fingerprint density at radius 3 is 2.76 bits per heavy atom. The molecule has 4 nitrogen and oxygen atoms in total. The van der Waals surface area contributed by atoms with Crippen LogP contribution < -0.4 is 19.9 Å². The molecule has 0 aliphatic carbocycles. The molecule has 2 atom stereocenters. The molecule has 2 aromatic carbocycles. The maximum absolute atomic E-state index is 6.29. The van der Waals surface area contributed by atoms with Gasteiger partial charge >= 0.3 is 0 Å². The second kappa shape index (κ2) is 4.93. The van der Waals surface area contributed by atoms with Crippen molar-refractivity contribution in [2.24, 2.45) is 5.73 Å². The Morgan fingerprint density at radius 2 is 1.86 bits per heavy atom. The summed E-state index contributed by atoms with van der Waals surface area (Å²) in [6.45, 7) is 0.277. The Labute approximate surface area is 130 Å². The molecule has 0 bridgehead atoms. The first kappa shape index (κ1) is 13.0. The van der Waals surface area contributed by atoms with Gasteiger partial charge in [0.15, 0.2) is 11.5 Å². The van der Waals surface area contributed by atoms with E-state index in [0.29, 0.717) is 0 Å². The third-order valence-electron chi connectivity index (χ3n) is 3.88. The Hall–Kier alpha value is -1.72. The van der Waals surface area contributed by atoms with Crippen molar-refractivity contribution in [3.05, 3.63) is 52.0 Å². The molecule has 2 aliphatic heterocycles. The molecule has 0 saturated heterocycles. The molecule has 2 aliphatic rings. The van der Waals surface area contributed by atoms with Gasteiger partial charge in [0.05, 0.1) is 0 Å². The lowest BCUT2D eigenvalue weighted by Crippen LogP contribution is -2.24. The van der Waals surface area contributed by atoms with Crippen molar-refractivity contribution in [3.8, 4) is 17.2 Å². The zero-order chi connectivity index (χ0) is 14.4. The fraction of sp³-hybridized carbons (Fsp3) is 0.250. The van der Waals surface area contributed by atoms with Crippen molar-refractivity contribution in [1.29, 1.82) is 0 Å². The smallest absolute Gasteiger partial charge is 0.231 e. The van der Waals surface area contributed by atoms with Crippen LogP contribution in [0.3, 0.4) is 0 Å². The van der Waals surface area contributed by atoms with Crippen LogP contribution in [0.2, 0.25) is 0 Å². The van der Waals surface area contributed by atoms with Gasteiger partial charge in [0.2, 0.25) is 6.79 Å². The van der Waals surface area contributed by atoms with Gasteiger partial charge in [-0.25, -0.2) is 0 Å². The molecular formula is C16H14BrNO3. The van der Waals surface area contributed by atoms with Crippen LogP contribution in [0.5, 0.6) is 17.2 Å². The molecule has 2 unspecified atom stereocenters. The molecule has 2 aromatic rings. The van der Waals surface area contributed by atoms with E-state index in [4.69, 9.17) is 19.9 Å². The molecule has 0 amide bonds. The van der Waals surface area contributed by atoms with Gasteiger partial charge in [-0.15, -0.1) is 0 Å². The van der Waals surface area contributed by atoms with Gasteiger partial charge in [0.1, 0.15) is 11.9 Å². The van der Waals surface area contributed by atoms with E-state index in [1.165, 1.54) is 0 Å². The molecule has 0 aromatic heterocycles. The number of ether oxygens (including phenoxy) is 3. The summed E-state index contributed by atoms with van der Waals surface area (Å²) in [5, 5.41) is 0. The van der Waals surface area contributed by atoms with Crippen LogP contribution >= 0.6 is 15.9 Å². The highest BCUT2D eigenvalue weighted by molar-refractivity contribution is 9.10. The predicted octanol–water partition coefficient (Wildman–Crippen LogP) is 3.70. The van der Waals surface area contributed by atoms with E-state index in [1.54, 1.807) is 0 Å². The number of fused-ring (bicyclic) bond motifs is 2. The van der Waals surface area contributed by atoms with E-state index in [9.17, 15) is 0 Å². The standard InChI is InChI=1S/C16H14BrNO3/c17-10-2-3-11-12(18)7-14(21-15(11)6-10)9-1-4-13-16(5-9)20-8-19-13/h1-6,12,14H,7-8,18H2. The van der Waals surface area contributed by atoms with Gasteiger partial charge in [0.25, 0.3) is 0 Å². The number of benzene rings is 2. The summed E-state index contributed by atoms with van der Waals surface area (Å²) in [7, 11) is 0. The minimum atomic E-state index is -0.0729. The van der Waals surface area contributed by atoms with E-state index in [0.717, 1.165) is 39.3 Å². The largest absolute Gasteiger partial charge is 0.485 e. The number of nitrogens with two attached hydrogens (primary N) is 1. The topological polar surface area (TPSA) is 53.7 Å². The number of halogens is 1. The van der Waals surface area contributed by atoms with Crippen LogP contribution in [0, 0.1) is 0 Å². The van der Waals surface area contributed by atoms with Gasteiger partial charge < -0.3 is 19.9 Å². The predicted molar refractivity (Wildman–Crippen MR) is 81.6 cm³/mol. The third-order valence-corrected chi connectivity index (χ3v) is 4.37. The summed E-state index contributed by atoms with van der Waals surface area (Å²) >= 11 is 3.47. The summed E-state index contributed by atoms with van der Waals surface area (Å²) < 4.78 is 17.9. The Bertz CT molecular complexity index is 704. The quantitative estimate of drug-likeness (QED) is 0.854. The van der Waals surface area contributed by atoms with E-state index in [-0.39, 0.29) is 18.9 Å². The fourth-order valence-electron chi connectivity index (χ4n) is 2.79. The first-order chi connectivity index (χ1) is 10.2. The zero-order valence-corrected chi connectivity index (χ0v) is 12.8.